The lowest BCUT2D eigenvalue weighted by Crippen LogP contribution is -2.27. The van der Waals surface area contributed by atoms with Crippen molar-refractivity contribution < 1.29 is 4.92 Å². The van der Waals surface area contributed by atoms with Crippen molar-refractivity contribution in [3.05, 3.63) is 39.9 Å². The van der Waals surface area contributed by atoms with Crippen LogP contribution in [0.2, 0.25) is 0 Å². The van der Waals surface area contributed by atoms with Gasteiger partial charge in [-0.05, 0) is 45.0 Å². The largest absolute Gasteiger partial charge is 0.319 e. The van der Waals surface area contributed by atoms with E-state index in [1.165, 1.54) is 6.42 Å². The zero-order valence-electron chi connectivity index (χ0n) is 11.5. The Hall–Kier alpha value is -1.46. The van der Waals surface area contributed by atoms with Crippen molar-refractivity contribution in [1.82, 2.24) is 10.2 Å². The minimum absolute atomic E-state index is 0.176. The van der Waals surface area contributed by atoms with Crippen LogP contribution in [-0.4, -0.2) is 36.5 Å². The fourth-order valence-electron chi connectivity index (χ4n) is 2.78. The number of hydrogen-bond donors (Lipinski definition) is 1. The van der Waals surface area contributed by atoms with Crippen molar-refractivity contribution in [3.8, 4) is 0 Å². The number of non-ortho nitro benzene ring substituents is 1. The summed E-state index contributed by atoms with van der Waals surface area (Å²) >= 11 is 0. The quantitative estimate of drug-likeness (QED) is 0.653. The molecule has 5 nitrogen and oxygen atoms in total. The third-order valence-corrected chi connectivity index (χ3v) is 3.92. The van der Waals surface area contributed by atoms with Crippen LogP contribution in [0.4, 0.5) is 5.69 Å². The first-order valence-corrected chi connectivity index (χ1v) is 6.75. The predicted octanol–water partition coefficient (Wildman–Crippen LogP) is 2.20. The van der Waals surface area contributed by atoms with E-state index in [1.54, 1.807) is 18.2 Å². The van der Waals surface area contributed by atoms with Gasteiger partial charge in [-0.1, -0.05) is 12.1 Å². The molecule has 1 N–H and O–H groups in total. The molecule has 1 aliphatic rings. The van der Waals surface area contributed by atoms with E-state index in [1.807, 2.05) is 13.1 Å². The van der Waals surface area contributed by atoms with Gasteiger partial charge in [-0.25, -0.2) is 0 Å². The molecule has 5 heteroatoms. The number of nitrogens with one attached hydrogen (secondary N) is 1. The summed E-state index contributed by atoms with van der Waals surface area (Å²) in [7, 11) is 1.98. The highest BCUT2D eigenvalue weighted by molar-refractivity contribution is 5.35. The summed E-state index contributed by atoms with van der Waals surface area (Å²) in [6.45, 7) is 5.29. The third-order valence-electron chi connectivity index (χ3n) is 3.92. The van der Waals surface area contributed by atoms with Crippen LogP contribution in [0.3, 0.4) is 0 Å². The lowest BCUT2D eigenvalue weighted by atomic mass is 10.1. The molecule has 2 atom stereocenters. The first-order chi connectivity index (χ1) is 9.11. The highest BCUT2D eigenvalue weighted by atomic mass is 16.6. The second-order valence-corrected chi connectivity index (χ2v) is 5.24. The van der Waals surface area contributed by atoms with Gasteiger partial charge in [-0.3, -0.25) is 15.0 Å². The Morgan fingerprint density at radius 1 is 1.58 bits per heavy atom. The van der Waals surface area contributed by atoms with Gasteiger partial charge in [0, 0.05) is 24.7 Å². The van der Waals surface area contributed by atoms with Crippen molar-refractivity contribution in [1.29, 1.82) is 0 Å². The molecular weight excluding hydrogens is 242 g/mol. The molecular formula is C14H21N3O2. The Labute approximate surface area is 113 Å². The molecule has 0 spiro atoms. The Morgan fingerprint density at radius 3 is 3.05 bits per heavy atom. The van der Waals surface area contributed by atoms with E-state index in [0.29, 0.717) is 5.92 Å². The maximum absolute atomic E-state index is 10.8. The molecule has 2 unspecified atom stereocenters. The average Bonchev–Trinajstić information content (AvgIpc) is 2.87. The van der Waals surface area contributed by atoms with Crippen LogP contribution in [0.25, 0.3) is 0 Å². The van der Waals surface area contributed by atoms with Crippen LogP contribution >= 0.6 is 0 Å². The molecule has 0 bridgehead atoms. The van der Waals surface area contributed by atoms with Crippen LogP contribution in [-0.2, 0) is 0 Å². The van der Waals surface area contributed by atoms with E-state index in [-0.39, 0.29) is 16.7 Å². The number of likely N-dealkylation sites (tertiary alicyclic amines) is 1. The number of rotatable bonds is 5. The molecule has 19 heavy (non-hydrogen) atoms. The number of nitrogens with zero attached hydrogens (tertiary/aromatic N) is 2. The van der Waals surface area contributed by atoms with Crippen molar-refractivity contribution in [3.63, 3.8) is 0 Å². The molecule has 1 saturated heterocycles. The summed E-state index contributed by atoms with van der Waals surface area (Å²) in [5.74, 6) is 0.686. The summed E-state index contributed by atoms with van der Waals surface area (Å²) in [4.78, 5) is 12.9. The van der Waals surface area contributed by atoms with Gasteiger partial charge < -0.3 is 5.32 Å². The normalized spacial score (nSPS) is 21.5. The number of benzene rings is 1. The lowest BCUT2D eigenvalue weighted by Gasteiger charge is -2.24. The van der Waals surface area contributed by atoms with Gasteiger partial charge in [0.05, 0.1) is 4.92 Å². The van der Waals surface area contributed by atoms with E-state index in [0.717, 1.165) is 25.2 Å². The molecule has 104 valence electrons. The van der Waals surface area contributed by atoms with Crippen LogP contribution in [0.1, 0.15) is 24.9 Å². The van der Waals surface area contributed by atoms with Crippen molar-refractivity contribution >= 4 is 5.69 Å². The summed E-state index contributed by atoms with van der Waals surface area (Å²) in [6, 6.07) is 7.22. The Balaban J connectivity index is 2.05. The van der Waals surface area contributed by atoms with Crippen molar-refractivity contribution in [2.24, 2.45) is 5.92 Å². The van der Waals surface area contributed by atoms with E-state index in [2.05, 4.69) is 17.1 Å². The second-order valence-electron chi connectivity index (χ2n) is 5.24. The monoisotopic (exact) mass is 263 g/mol. The average molecular weight is 263 g/mol. The minimum atomic E-state index is -0.329. The van der Waals surface area contributed by atoms with Gasteiger partial charge in [0.25, 0.3) is 5.69 Å². The molecule has 1 aromatic carbocycles. The Kier molecular flexibility index (Phi) is 4.50. The summed E-state index contributed by atoms with van der Waals surface area (Å²) in [5.41, 5.74) is 1.20. The highest BCUT2D eigenvalue weighted by Crippen LogP contribution is 2.28. The molecule has 2 rings (SSSR count). The van der Waals surface area contributed by atoms with Gasteiger partial charge in [0.15, 0.2) is 0 Å². The van der Waals surface area contributed by atoms with E-state index in [4.69, 9.17) is 0 Å². The molecule has 1 fully saturated rings. The maximum atomic E-state index is 10.8. The van der Waals surface area contributed by atoms with Crippen LogP contribution < -0.4 is 5.32 Å². The van der Waals surface area contributed by atoms with Gasteiger partial charge in [0.1, 0.15) is 0 Å². The Morgan fingerprint density at radius 2 is 2.37 bits per heavy atom. The Bertz CT molecular complexity index is 450. The molecule has 1 heterocycles. The maximum Gasteiger partial charge on any atom is 0.269 e. The molecule has 0 amide bonds. The summed E-state index contributed by atoms with van der Waals surface area (Å²) < 4.78 is 0. The lowest BCUT2D eigenvalue weighted by molar-refractivity contribution is -0.384. The number of hydrogen-bond acceptors (Lipinski definition) is 4. The third kappa shape index (κ3) is 3.30. The molecule has 0 saturated carbocycles. The van der Waals surface area contributed by atoms with E-state index in [9.17, 15) is 10.1 Å². The van der Waals surface area contributed by atoms with Gasteiger partial charge in [0.2, 0.25) is 0 Å². The minimum Gasteiger partial charge on any atom is -0.319 e. The van der Waals surface area contributed by atoms with Gasteiger partial charge >= 0.3 is 0 Å². The predicted molar refractivity (Wildman–Crippen MR) is 75.1 cm³/mol. The molecule has 0 aromatic heterocycles. The first-order valence-electron chi connectivity index (χ1n) is 6.75. The summed E-state index contributed by atoms with van der Waals surface area (Å²) in [5, 5.41) is 14.0. The fourth-order valence-corrected chi connectivity index (χ4v) is 2.78. The standard InChI is InChI=1S/C14H21N3O2/c1-11(16-7-6-12(10-16)9-15-2)13-4-3-5-14(8-13)17(18)19/h3-5,8,11-12,15H,6-7,9-10H2,1-2H3. The molecule has 1 aliphatic heterocycles. The van der Waals surface area contributed by atoms with Crippen LogP contribution in [0.15, 0.2) is 24.3 Å². The fraction of sp³-hybridized carbons (Fsp3) is 0.571. The van der Waals surface area contributed by atoms with Crippen molar-refractivity contribution in [2.45, 2.75) is 19.4 Å². The zero-order valence-corrected chi connectivity index (χ0v) is 11.5. The zero-order chi connectivity index (χ0) is 13.8. The highest BCUT2D eigenvalue weighted by Gasteiger charge is 2.26. The molecule has 0 aliphatic carbocycles. The van der Waals surface area contributed by atoms with Gasteiger partial charge in [-0.15, -0.1) is 0 Å². The smallest absolute Gasteiger partial charge is 0.269 e. The summed E-state index contributed by atoms with van der Waals surface area (Å²) in [6.07, 6.45) is 1.19. The first kappa shape index (κ1) is 14.0. The van der Waals surface area contributed by atoms with Gasteiger partial charge in [-0.2, -0.15) is 0 Å². The number of nitro groups is 1. The number of nitro benzene ring substituents is 1. The molecule has 0 radical (unpaired) electrons. The SMILES string of the molecule is CNCC1CCN(C(C)c2cccc([N+](=O)[O-])c2)C1. The van der Waals surface area contributed by atoms with Crippen LogP contribution in [0.5, 0.6) is 0 Å². The van der Waals surface area contributed by atoms with Crippen molar-refractivity contribution in [2.75, 3.05) is 26.7 Å². The molecule has 1 aromatic rings. The van der Waals surface area contributed by atoms with Crippen LogP contribution in [0, 0.1) is 16.0 Å². The second kappa shape index (κ2) is 6.12. The van der Waals surface area contributed by atoms with E-state index < -0.39 is 0 Å². The topological polar surface area (TPSA) is 58.4 Å². The van der Waals surface area contributed by atoms with E-state index >= 15 is 0 Å².